The van der Waals surface area contributed by atoms with E-state index in [4.69, 9.17) is 0 Å². The van der Waals surface area contributed by atoms with Crippen LogP contribution in [0.2, 0.25) is 0 Å². The topological polar surface area (TPSA) is 70.8 Å². The van der Waals surface area contributed by atoms with E-state index in [9.17, 15) is 23.1 Å². The van der Waals surface area contributed by atoms with Crippen LogP contribution in [0.25, 0.3) is 5.69 Å². The molecule has 31 heavy (non-hydrogen) atoms. The summed E-state index contributed by atoms with van der Waals surface area (Å²) in [6.07, 6.45) is -3.48. The molecule has 3 heterocycles. The number of halogens is 3. The number of benzene rings is 1. The molecule has 2 aliphatic heterocycles. The first-order chi connectivity index (χ1) is 14.6. The van der Waals surface area contributed by atoms with Gasteiger partial charge in [0.15, 0.2) is 0 Å². The Morgan fingerprint density at radius 1 is 1.19 bits per heavy atom. The quantitative estimate of drug-likeness (QED) is 0.795. The molecule has 168 valence electrons. The molecule has 4 rings (SSSR count). The van der Waals surface area contributed by atoms with Gasteiger partial charge in [0.1, 0.15) is 5.75 Å². The maximum absolute atomic E-state index is 13.2. The molecule has 2 aromatic rings. The number of aliphatic hydroxyl groups is 1. The van der Waals surface area contributed by atoms with E-state index in [0.29, 0.717) is 42.3 Å². The molecule has 1 amide bonds. The number of nitrogens with zero attached hydrogens (tertiary/aromatic N) is 4. The van der Waals surface area contributed by atoms with Crippen LogP contribution in [-0.2, 0) is 0 Å². The number of hydrogen-bond donors (Lipinski definition) is 1. The number of aromatic nitrogens is 2. The van der Waals surface area contributed by atoms with E-state index in [1.807, 2.05) is 0 Å². The average molecular weight is 438 g/mol. The monoisotopic (exact) mass is 438 g/mol. The minimum Gasteiger partial charge on any atom is -0.406 e. The third-order valence-corrected chi connectivity index (χ3v) is 5.96. The number of hydrogen-bond acceptors (Lipinski definition) is 5. The summed E-state index contributed by atoms with van der Waals surface area (Å²) in [5.41, 5.74) is 1.92. The molecule has 7 nitrogen and oxygen atoms in total. The van der Waals surface area contributed by atoms with Crippen LogP contribution in [0.1, 0.15) is 34.6 Å². The van der Waals surface area contributed by atoms with Crippen LogP contribution in [0, 0.1) is 13.8 Å². The molecule has 0 saturated carbocycles. The maximum atomic E-state index is 13.2. The summed E-state index contributed by atoms with van der Waals surface area (Å²) in [5, 5.41) is 14.2. The average Bonchev–Trinajstić information content (AvgIpc) is 3.39. The second kappa shape index (κ2) is 8.16. The summed E-state index contributed by atoms with van der Waals surface area (Å²) in [6, 6.07) is 5.75. The van der Waals surface area contributed by atoms with Crippen molar-refractivity contribution in [3.05, 3.63) is 41.2 Å². The molecule has 2 atom stereocenters. The van der Waals surface area contributed by atoms with Crippen LogP contribution < -0.4 is 4.74 Å². The summed E-state index contributed by atoms with van der Waals surface area (Å²) < 4.78 is 43.1. The van der Waals surface area contributed by atoms with E-state index in [0.717, 1.165) is 19.4 Å². The third-order valence-electron chi connectivity index (χ3n) is 5.96. The molecular weight excluding hydrogens is 413 g/mol. The van der Waals surface area contributed by atoms with Crippen LogP contribution in [0.15, 0.2) is 24.3 Å². The number of β-amino-alcohol motifs (C(OH)–C–C–N with tert-alkyl or cyclic N) is 1. The molecule has 2 aliphatic rings. The van der Waals surface area contributed by atoms with Gasteiger partial charge >= 0.3 is 6.36 Å². The van der Waals surface area contributed by atoms with Crippen LogP contribution in [-0.4, -0.2) is 75.3 Å². The Labute approximate surface area is 178 Å². The molecule has 0 radical (unpaired) electrons. The zero-order valence-electron chi connectivity index (χ0n) is 17.4. The number of likely N-dealkylation sites (tertiary alicyclic amines) is 2. The number of aryl methyl sites for hydroxylation is 1. The molecular formula is C21H25F3N4O3. The standard InChI is InChI=1S/C21H25F3N4O3/c1-13-19(20(30)27-8-6-16(11-27)26-9-7-17(29)12-26)14(2)28(25-13)15-4-3-5-18(10-15)31-21(22,23)24/h3-5,10,16-17,29H,6-9,11-12H2,1-2H3/t16?,17-/m1/s1. The van der Waals surface area contributed by atoms with Gasteiger partial charge in [0.2, 0.25) is 0 Å². The first-order valence-electron chi connectivity index (χ1n) is 10.3. The Hall–Kier alpha value is -2.59. The molecule has 0 spiro atoms. The van der Waals surface area contributed by atoms with Gasteiger partial charge in [0.05, 0.1) is 28.7 Å². The minimum atomic E-state index is -4.79. The largest absolute Gasteiger partial charge is 0.573 e. The lowest BCUT2D eigenvalue weighted by Crippen LogP contribution is -2.38. The summed E-state index contributed by atoms with van der Waals surface area (Å²) in [6.45, 7) is 6.13. The summed E-state index contributed by atoms with van der Waals surface area (Å²) >= 11 is 0. The molecule has 0 bridgehead atoms. The van der Waals surface area contributed by atoms with E-state index in [1.165, 1.54) is 22.9 Å². The first-order valence-corrected chi connectivity index (χ1v) is 10.3. The highest BCUT2D eigenvalue weighted by Gasteiger charge is 2.36. The smallest absolute Gasteiger partial charge is 0.406 e. The van der Waals surface area contributed by atoms with E-state index in [1.54, 1.807) is 24.8 Å². The van der Waals surface area contributed by atoms with Crippen molar-refractivity contribution in [3.63, 3.8) is 0 Å². The van der Waals surface area contributed by atoms with Crippen molar-refractivity contribution in [1.82, 2.24) is 19.6 Å². The van der Waals surface area contributed by atoms with Gasteiger partial charge in [-0.3, -0.25) is 9.69 Å². The van der Waals surface area contributed by atoms with Crippen molar-refractivity contribution in [1.29, 1.82) is 0 Å². The minimum absolute atomic E-state index is 0.133. The maximum Gasteiger partial charge on any atom is 0.573 e. The van der Waals surface area contributed by atoms with Gasteiger partial charge in [0.25, 0.3) is 5.91 Å². The fraction of sp³-hybridized carbons (Fsp3) is 0.524. The van der Waals surface area contributed by atoms with Crippen molar-refractivity contribution in [2.45, 2.75) is 45.2 Å². The molecule has 1 aromatic carbocycles. The Morgan fingerprint density at radius 3 is 2.65 bits per heavy atom. The van der Waals surface area contributed by atoms with Crippen molar-refractivity contribution >= 4 is 5.91 Å². The van der Waals surface area contributed by atoms with Gasteiger partial charge in [0, 0.05) is 38.3 Å². The number of amides is 1. The van der Waals surface area contributed by atoms with E-state index in [2.05, 4.69) is 14.7 Å². The second-order valence-corrected chi connectivity index (χ2v) is 8.13. The fourth-order valence-electron chi connectivity index (χ4n) is 4.50. The van der Waals surface area contributed by atoms with Gasteiger partial charge in [-0.2, -0.15) is 5.10 Å². The van der Waals surface area contributed by atoms with Crippen molar-refractivity contribution < 1.29 is 27.8 Å². The van der Waals surface area contributed by atoms with Crippen LogP contribution in [0.5, 0.6) is 5.75 Å². The Bertz CT molecular complexity index is 975. The molecule has 2 saturated heterocycles. The van der Waals surface area contributed by atoms with Gasteiger partial charge in [-0.25, -0.2) is 4.68 Å². The Balaban J connectivity index is 1.53. The summed E-state index contributed by atoms with van der Waals surface area (Å²) in [7, 11) is 0. The highest BCUT2D eigenvalue weighted by molar-refractivity contribution is 5.96. The molecule has 2 fully saturated rings. The van der Waals surface area contributed by atoms with Gasteiger partial charge < -0.3 is 14.7 Å². The second-order valence-electron chi connectivity index (χ2n) is 8.13. The number of alkyl halides is 3. The highest BCUT2D eigenvalue weighted by Crippen LogP contribution is 2.28. The molecule has 10 heteroatoms. The third kappa shape index (κ3) is 4.54. The van der Waals surface area contributed by atoms with Crippen molar-refractivity contribution in [2.24, 2.45) is 0 Å². The number of carbonyl (C=O) groups is 1. The molecule has 0 aliphatic carbocycles. The van der Waals surface area contributed by atoms with Crippen LogP contribution in [0.3, 0.4) is 0 Å². The lowest BCUT2D eigenvalue weighted by atomic mass is 10.1. The van der Waals surface area contributed by atoms with Gasteiger partial charge in [-0.05, 0) is 38.8 Å². The fourth-order valence-corrected chi connectivity index (χ4v) is 4.50. The summed E-state index contributed by atoms with van der Waals surface area (Å²) in [4.78, 5) is 17.3. The van der Waals surface area contributed by atoms with Crippen LogP contribution in [0.4, 0.5) is 13.2 Å². The number of ether oxygens (including phenoxy) is 1. The first kappa shape index (κ1) is 21.6. The van der Waals surface area contributed by atoms with Crippen molar-refractivity contribution in [2.75, 3.05) is 26.2 Å². The van der Waals surface area contributed by atoms with E-state index < -0.39 is 6.36 Å². The van der Waals surface area contributed by atoms with Gasteiger partial charge in [-0.15, -0.1) is 13.2 Å². The molecule has 1 aromatic heterocycles. The number of aliphatic hydroxyl groups excluding tert-OH is 1. The highest BCUT2D eigenvalue weighted by atomic mass is 19.4. The van der Waals surface area contributed by atoms with Crippen LogP contribution >= 0.6 is 0 Å². The number of carbonyl (C=O) groups excluding carboxylic acids is 1. The predicted molar refractivity (Wildman–Crippen MR) is 106 cm³/mol. The summed E-state index contributed by atoms with van der Waals surface area (Å²) in [5.74, 6) is -0.480. The number of rotatable bonds is 4. The zero-order valence-corrected chi connectivity index (χ0v) is 17.4. The van der Waals surface area contributed by atoms with Crippen molar-refractivity contribution in [3.8, 4) is 11.4 Å². The van der Waals surface area contributed by atoms with E-state index >= 15 is 0 Å². The molecule has 1 N–H and O–H groups in total. The molecule has 1 unspecified atom stereocenters. The Kier molecular flexibility index (Phi) is 5.69. The normalized spacial score (nSPS) is 22.3. The lowest BCUT2D eigenvalue weighted by molar-refractivity contribution is -0.274. The zero-order chi connectivity index (χ0) is 22.3. The Morgan fingerprint density at radius 2 is 1.97 bits per heavy atom. The predicted octanol–water partition coefficient (Wildman–Crippen LogP) is 2.67. The lowest BCUT2D eigenvalue weighted by Gasteiger charge is -2.23. The van der Waals surface area contributed by atoms with E-state index in [-0.39, 0.29) is 23.8 Å². The van der Waals surface area contributed by atoms with Gasteiger partial charge in [-0.1, -0.05) is 6.07 Å². The SMILES string of the molecule is Cc1nn(-c2cccc(OC(F)(F)F)c2)c(C)c1C(=O)N1CCC(N2CC[C@@H](O)C2)C1.